The van der Waals surface area contributed by atoms with Gasteiger partial charge in [-0.2, -0.15) is 5.10 Å². The number of carbonyl (C=O) groups is 1. The highest BCUT2D eigenvalue weighted by Gasteiger charge is 2.20. The Morgan fingerprint density at radius 2 is 1.87 bits per heavy atom. The van der Waals surface area contributed by atoms with Crippen LogP contribution >= 0.6 is 11.3 Å². The first-order chi connectivity index (χ1) is 14.7. The molecule has 0 radical (unpaired) electrons. The summed E-state index contributed by atoms with van der Waals surface area (Å²) >= 11 is 1.12. The van der Waals surface area contributed by atoms with Gasteiger partial charge in [-0.1, -0.05) is 0 Å². The molecule has 160 valence electrons. The van der Waals surface area contributed by atoms with Crippen LogP contribution in [0.15, 0.2) is 33.2 Å². The summed E-state index contributed by atoms with van der Waals surface area (Å²) in [6.45, 7) is 0. The fourth-order valence-corrected chi connectivity index (χ4v) is 3.94. The molecule has 3 aromatic heterocycles. The van der Waals surface area contributed by atoms with E-state index in [-0.39, 0.29) is 22.6 Å². The second-order valence-corrected chi connectivity index (χ2v) is 7.72. The Labute approximate surface area is 177 Å². The lowest BCUT2D eigenvalue weighted by molar-refractivity contribution is -0.115. The van der Waals surface area contributed by atoms with Crippen molar-refractivity contribution in [1.82, 2.24) is 23.9 Å². The first kappa shape index (κ1) is 20.6. The fraction of sp³-hybridized carbons (Fsp3) is 0.211. The van der Waals surface area contributed by atoms with Gasteiger partial charge in [-0.3, -0.25) is 23.4 Å². The van der Waals surface area contributed by atoms with Gasteiger partial charge in [0.05, 0.1) is 17.8 Å². The van der Waals surface area contributed by atoms with Crippen molar-refractivity contribution in [1.29, 1.82) is 0 Å². The number of amides is 1. The van der Waals surface area contributed by atoms with Crippen LogP contribution < -0.4 is 16.6 Å². The number of aromatic nitrogens is 5. The maximum atomic E-state index is 13.4. The van der Waals surface area contributed by atoms with Crippen molar-refractivity contribution in [2.45, 2.75) is 6.42 Å². The van der Waals surface area contributed by atoms with E-state index in [0.717, 1.165) is 28.0 Å². The summed E-state index contributed by atoms with van der Waals surface area (Å²) in [6.07, 6.45) is -0.180. The molecule has 0 atom stereocenters. The average Bonchev–Trinajstić information content (AvgIpc) is 3.32. The van der Waals surface area contributed by atoms with Crippen molar-refractivity contribution in [3.8, 4) is 11.3 Å². The van der Waals surface area contributed by atoms with Gasteiger partial charge in [0, 0.05) is 32.1 Å². The normalized spacial score (nSPS) is 11.3. The maximum Gasteiger partial charge on any atom is 0.332 e. The molecule has 0 aliphatic carbocycles. The zero-order chi connectivity index (χ0) is 22.4. The monoisotopic (exact) mass is 446 g/mol. The van der Waals surface area contributed by atoms with E-state index in [2.05, 4.69) is 15.4 Å². The van der Waals surface area contributed by atoms with Crippen molar-refractivity contribution < 1.29 is 13.6 Å². The number of anilines is 1. The van der Waals surface area contributed by atoms with Crippen LogP contribution in [0.4, 0.5) is 13.9 Å². The summed E-state index contributed by atoms with van der Waals surface area (Å²) < 4.78 is 30.2. The van der Waals surface area contributed by atoms with E-state index >= 15 is 0 Å². The summed E-state index contributed by atoms with van der Waals surface area (Å²) in [5, 5.41) is 8.88. The van der Waals surface area contributed by atoms with Gasteiger partial charge in [-0.05, 0) is 18.2 Å². The molecule has 0 fully saturated rings. The second-order valence-electron chi connectivity index (χ2n) is 6.87. The van der Waals surface area contributed by atoms with Gasteiger partial charge in [0.15, 0.2) is 22.4 Å². The number of fused-ring (bicyclic) bond motifs is 1. The third-order valence-corrected chi connectivity index (χ3v) is 5.61. The van der Waals surface area contributed by atoms with Crippen LogP contribution in [-0.2, 0) is 32.4 Å². The number of hydrogen-bond acceptors (Lipinski definition) is 6. The van der Waals surface area contributed by atoms with Crippen molar-refractivity contribution in [3.63, 3.8) is 0 Å². The van der Waals surface area contributed by atoms with Crippen LogP contribution in [0.1, 0.15) is 5.69 Å². The molecule has 1 amide bonds. The molecular weight excluding hydrogens is 430 g/mol. The minimum Gasteiger partial charge on any atom is -0.302 e. The summed E-state index contributed by atoms with van der Waals surface area (Å²) in [5.74, 6) is -2.40. The SMILES string of the molecule is Cn1nc2c(c1CC(=O)Nc1nc(-c3ccc(F)c(F)c3)cs1)c(=O)n(C)c(=O)n2C. The zero-order valence-electron chi connectivity index (χ0n) is 16.6. The number of carbonyl (C=O) groups excluding carboxylic acids is 1. The fourth-order valence-electron chi connectivity index (χ4n) is 3.20. The van der Waals surface area contributed by atoms with Gasteiger partial charge in [0.25, 0.3) is 5.56 Å². The molecular formula is C19H16F2N6O3S. The average molecular weight is 446 g/mol. The molecule has 0 bridgehead atoms. The Bertz CT molecular complexity index is 1470. The number of nitrogens with one attached hydrogen (secondary N) is 1. The number of halogens is 2. The molecule has 31 heavy (non-hydrogen) atoms. The third kappa shape index (κ3) is 3.54. The summed E-state index contributed by atoms with van der Waals surface area (Å²) in [4.78, 5) is 41.5. The lowest BCUT2D eigenvalue weighted by Crippen LogP contribution is -2.37. The Hall–Kier alpha value is -3.67. The van der Waals surface area contributed by atoms with Crippen molar-refractivity contribution >= 4 is 33.4 Å². The Morgan fingerprint density at radius 3 is 2.58 bits per heavy atom. The highest BCUT2D eigenvalue weighted by molar-refractivity contribution is 7.14. The second kappa shape index (κ2) is 7.54. The van der Waals surface area contributed by atoms with Crippen molar-refractivity contribution in [2.75, 3.05) is 5.32 Å². The molecule has 1 N–H and O–H groups in total. The minimum atomic E-state index is -0.991. The Balaban J connectivity index is 1.60. The van der Waals surface area contributed by atoms with Gasteiger partial charge in [0.1, 0.15) is 5.39 Å². The maximum absolute atomic E-state index is 13.4. The molecule has 0 saturated heterocycles. The number of rotatable bonds is 4. The van der Waals surface area contributed by atoms with Crippen molar-refractivity contribution in [2.24, 2.45) is 21.1 Å². The van der Waals surface area contributed by atoms with Crippen LogP contribution in [0.2, 0.25) is 0 Å². The van der Waals surface area contributed by atoms with Gasteiger partial charge in [-0.25, -0.2) is 18.6 Å². The Kier molecular flexibility index (Phi) is 5.01. The van der Waals surface area contributed by atoms with Crippen LogP contribution in [0.3, 0.4) is 0 Å². The van der Waals surface area contributed by atoms with Crippen LogP contribution in [-0.4, -0.2) is 29.8 Å². The van der Waals surface area contributed by atoms with Crippen molar-refractivity contribution in [3.05, 3.63) is 61.7 Å². The highest BCUT2D eigenvalue weighted by atomic mass is 32.1. The molecule has 3 heterocycles. The molecule has 0 spiro atoms. The molecule has 1 aromatic carbocycles. The molecule has 9 nitrogen and oxygen atoms in total. The standard InChI is InChI=1S/C19H16F2N6O3S/c1-25-16-15(17(29)26(2)19(25)30)13(27(3)24-16)7-14(28)23-18-22-12(8-31-18)9-4-5-10(20)11(21)6-9/h4-6,8H,7H2,1-3H3,(H,22,23,28). The smallest absolute Gasteiger partial charge is 0.302 e. The number of nitrogens with zero attached hydrogens (tertiary/aromatic N) is 5. The summed E-state index contributed by atoms with van der Waals surface area (Å²) in [6, 6.07) is 3.42. The predicted molar refractivity (Wildman–Crippen MR) is 111 cm³/mol. The third-order valence-electron chi connectivity index (χ3n) is 4.85. The highest BCUT2D eigenvalue weighted by Crippen LogP contribution is 2.26. The van der Waals surface area contributed by atoms with E-state index in [1.807, 2.05) is 0 Å². The first-order valence-corrected chi connectivity index (χ1v) is 9.87. The van der Waals surface area contributed by atoms with E-state index in [1.165, 1.54) is 29.4 Å². The Morgan fingerprint density at radius 1 is 1.13 bits per heavy atom. The summed E-state index contributed by atoms with van der Waals surface area (Å²) in [7, 11) is 4.43. The zero-order valence-corrected chi connectivity index (χ0v) is 17.5. The molecule has 0 aliphatic rings. The van der Waals surface area contributed by atoms with Crippen LogP contribution in [0, 0.1) is 11.6 Å². The molecule has 0 saturated carbocycles. The van der Waals surface area contributed by atoms with Gasteiger partial charge >= 0.3 is 5.69 Å². The molecule has 4 rings (SSSR count). The van der Waals surface area contributed by atoms with Gasteiger partial charge < -0.3 is 5.32 Å². The molecule has 0 aliphatic heterocycles. The number of aryl methyl sites for hydroxylation is 2. The minimum absolute atomic E-state index is 0.180. The first-order valence-electron chi connectivity index (χ1n) is 8.99. The number of hydrogen-bond donors (Lipinski definition) is 1. The lowest BCUT2D eigenvalue weighted by Gasteiger charge is -2.05. The summed E-state index contributed by atoms with van der Waals surface area (Å²) in [5.41, 5.74) is 0.240. The molecule has 4 aromatic rings. The van der Waals surface area contributed by atoms with E-state index in [4.69, 9.17) is 0 Å². The largest absolute Gasteiger partial charge is 0.332 e. The topological polar surface area (TPSA) is 104 Å². The number of benzene rings is 1. The van der Waals surface area contributed by atoms with Crippen LogP contribution in [0.5, 0.6) is 0 Å². The van der Waals surface area contributed by atoms with E-state index in [0.29, 0.717) is 17.0 Å². The predicted octanol–water partition coefficient (Wildman–Crippen LogP) is 1.55. The molecule has 0 unspecified atom stereocenters. The van der Waals surface area contributed by atoms with Gasteiger partial charge in [0.2, 0.25) is 5.91 Å². The van der Waals surface area contributed by atoms with Gasteiger partial charge in [-0.15, -0.1) is 11.3 Å². The van der Waals surface area contributed by atoms with E-state index < -0.39 is 28.8 Å². The van der Waals surface area contributed by atoms with E-state index in [9.17, 15) is 23.2 Å². The quantitative estimate of drug-likeness (QED) is 0.512. The lowest BCUT2D eigenvalue weighted by atomic mass is 10.2. The number of thiazole rings is 1. The van der Waals surface area contributed by atoms with Crippen LogP contribution in [0.25, 0.3) is 22.3 Å². The molecule has 12 heteroatoms. The van der Waals surface area contributed by atoms with E-state index in [1.54, 1.807) is 12.4 Å².